The summed E-state index contributed by atoms with van der Waals surface area (Å²) in [6.45, 7) is 3.62. The Morgan fingerprint density at radius 1 is 1.19 bits per heavy atom. The lowest BCUT2D eigenvalue weighted by Gasteiger charge is -2.39. The molecular formula is C23H36N2O2. The van der Waals surface area contributed by atoms with E-state index in [9.17, 15) is 4.79 Å². The third-order valence-electron chi connectivity index (χ3n) is 6.54. The standard InChI is InChI=1S/C23H36N2O2/c1-2-15-27-21-12-11-18(16-20(21)24)22(26)25-17-23(13-7-4-8-14-23)19-9-5-3-6-10-19/h3,5-6,9-10,18,20-21H,2,4,7-8,11-17,24H2,1H3,(H,25,26)/t18-,20+,21+/m0/s1. The predicted molar refractivity (Wildman–Crippen MR) is 110 cm³/mol. The van der Waals surface area contributed by atoms with Crippen molar-refractivity contribution in [2.75, 3.05) is 13.2 Å². The average Bonchev–Trinajstić information content (AvgIpc) is 2.72. The van der Waals surface area contributed by atoms with Crippen molar-refractivity contribution in [3.63, 3.8) is 0 Å². The summed E-state index contributed by atoms with van der Waals surface area (Å²) < 4.78 is 5.84. The van der Waals surface area contributed by atoms with Crippen LogP contribution in [0.3, 0.4) is 0 Å². The molecule has 0 spiro atoms. The molecule has 1 amide bonds. The van der Waals surface area contributed by atoms with Gasteiger partial charge in [0.2, 0.25) is 5.91 Å². The minimum absolute atomic E-state index is 0.0258. The number of hydrogen-bond donors (Lipinski definition) is 2. The Balaban J connectivity index is 1.57. The van der Waals surface area contributed by atoms with Crippen LogP contribution in [-0.4, -0.2) is 31.2 Å². The van der Waals surface area contributed by atoms with Crippen molar-refractivity contribution < 1.29 is 9.53 Å². The van der Waals surface area contributed by atoms with Gasteiger partial charge < -0.3 is 15.8 Å². The molecule has 1 aromatic rings. The highest BCUT2D eigenvalue weighted by atomic mass is 16.5. The fourth-order valence-electron chi connectivity index (χ4n) is 4.88. The Kier molecular flexibility index (Phi) is 7.31. The first-order chi connectivity index (χ1) is 13.1. The highest BCUT2D eigenvalue weighted by Gasteiger charge is 2.36. The number of carbonyl (C=O) groups is 1. The number of nitrogens with two attached hydrogens (primary N) is 1. The van der Waals surface area contributed by atoms with Crippen molar-refractivity contribution in [1.82, 2.24) is 5.32 Å². The van der Waals surface area contributed by atoms with E-state index < -0.39 is 0 Å². The fraction of sp³-hybridized carbons (Fsp3) is 0.696. The number of hydrogen-bond acceptors (Lipinski definition) is 3. The van der Waals surface area contributed by atoms with E-state index >= 15 is 0 Å². The van der Waals surface area contributed by atoms with Gasteiger partial charge in [-0.25, -0.2) is 0 Å². The summed E-state index contributed by atoms with van der Waals surface area (Å²) in [7, 11) is 0. The number of amides is 1. The van der Waals surface area contributed by atoms with Crippen LogP contribution >= 0.6 is 0 Å². The monoisotopic (exact) mass is 372 g/mol. The molecule has 2 saturated carbocycles. The lowest BCUT2D eigenvalue weighted by molar-refractivity contribution is -0.127. The van der Waals surface area contributed by atoms with Crippen LogP contribution < -0.4 is 11.1 Å². The SMILES string of the molecule is CCCO[C@@H]1CC[C@H](C(=O)NCC2(c3ccccc3)CCCCC2)C[C@H]1N. The van der Waals surface area contributed by atoms with Gasteiger partial charge >= 0.3 is 0 Å². The molecule has 2 fully saturated rings. The minimum atomic E-state index is -0.0289. The lowest BCUT2D eigenvalue weighted by Crippen LogP contribution is -2.48. The minimum Gasteiger partial charge on any atom is -0.377 e. The summed E-state index contributed by atoms with van der Waals surface area (Å²) >= 11 is 0. The number of carbonyl (C=O) groups excluding carboxylic acids is 1. The Bertz CT molecular complexity index is 583. The molecule has 2 aliphatic carbocycles. The van der Waals surface area contributed by atoms with Gasteiger partial charge in [0, 0.05) is 30.5 Å². The van der Waals surface area contributed by atoms with Gasteiger partial charge in [-0.2, -0.15) is 0 Å². The highest BCUT2D eigenvalue weighted by molar-refractivity contribution is 5.79. The van der Waals surface area contributed by atoms with Gasteiger partial charge in [-0.05, 0) is 44.1 Å². The van der Waals surface area contributed by atoms with E-state index in [1.165, 1.54) is 24.8 Å². The summed E-state index contributed by atoms with van der Waals surface area (Å²) in [4.78, 5) is 12.9. The summed E-state index contributed by atoms with van der Waals surface area (Å²) in [6, 6.07) is 10.7. The van der Waals surface area contributed by atoms with Crippen LogP contribution in [0, 0.1) is 5.92 Å². The number of rotatable bonds is 7. The van der Waals surface area contributed by atoms with Gasteiger partial charge in [-0.1, -0.05) is 56.5 Å². The van der Waals surface area contributed by atoms with Crippen LogP contribution in [0.2, 0.25) is 0 Å². The first kappa shape index (κ1) is 20.3. The molecule has 2 aliphatic rings. The van der Waals surface area contributed by atoms with Gasteiger partial charge in [0.05, 0.1) is 6.10 Å². The maximum absolute atomic E-state index is 12.9. The van der Waals surface area contributed by atoms with Crippen LogP contribution in [0.25, 0.3) is 0 Å². The van der Waals surface area contributed by atoms with Crippen LogP contribution in [0.4, 0.5) is 0 Å². The van der Waals surface area contributed by atoms with E-state index in [-0.39, 0.29) is 29.4 Å². The summed E-state index contributed by atoms with van der Waals surface area (Å²) in [5.41, 5.74) is 7.77. The molecular weight excluding hydrogens is 336 g/mol. The van der Waals surface area contributed by atoms with Crippen LogP contribution in [0.5, 0.6) is 0 Å². The molecule has 0 aromatic heterocycles. The normalized spacial score (nSPS) is 27.9. The van der Waals surface area contributed by atoms with Gasteiger partial charge in [-0.3, -0.25) is 4.79 Å². The van der Waals surface area contributed by atoms with Gasteiger partial charge in [-0.15, -0.1) is 0 Å². The van der Waals surface area contributed by atoms with E-state index in [1.807, 2.05) is 0 Å². The molecule has 0 saturated heterocycles. The topological polar surface area (TPSA) is 64.3 Å². The van der Waals surface area contributed by atoms with Crippen molar-refractivity contribution >= 4 is 5.91 Å². The Labute approximate surface area is 164 Å². The van der Waals surface area contributed by atoms with E-state index in [0.717, 1.165) is 51.7 Å². The van der Waals surface area contributed by atoms with Gasteiger partial charge in [0.15, 0.2) is 0 Å². The summed E-state index contributed by atoms with van der Waals surface area (Å²) in [5, 5.41) is 3.30. The molecule has 1 aromatic carbocycles. The lowest BCUT2D eigenvalue weighted by atomic mass is 9.69. The van der Waals surface area contributed by atoms with E-state index in [4.69, 9.17) is 10.5 Å². The van der Waals surface area contributed by atoms with Crippen molar-refractivity contribution in [1.29, 1.82) is 0 Å². The molecule has 0 bridgehead atoms. The van der Waals surface area contributed by atoms with Crippen LogP contribution in [0.1, 0.15) is 70.3 Å². The van der Waals surface area contributed by atoms with Crippen molar-refractivity contribution in [3.8, 4) is 0 Å². The van der Waals surface area contributed by atoms with Gasteiger partial charge in [0.1, 0.15) is 0 Å². The first-order valence-corrected chi connectivity index (χ1v) is 10.8. The first-order valence-electron chi connectivity index (χ1n) is 10.8. The average molecular weight is 373 g/mol. The molecule has 0 aliphatic heterocycles. The maximum Gasteiger partial charge on any atom is 0.223 e. The maximum atomic E-state index is 12.9. The fourth-order valence-corrected chi connectivity index (χ4v) is 4.88. The smallest absolute Gasteiger partial charge is 0.223 e. The Morgan fingerprint density at radius 3 is 2.59 bits per heavy atom. The number of benzene rings is 1. The molecule has 3 atom stereocenters. The van der Waals surface area contributed by atoms with Crippen molar-refractivity contribution in [2.45, 2.75) is 82.3 Å². The largest absolute Gasteiger partial charge is 0.377 e. The zero-order valence-electron chi connectivity index (χ0n) is 16.8. The van der Waals surface area contributed by atoms with Crippen molar-refractivity contribution in [3.05, 3.63) is 35.9 Å². The Hall–Kier alpha value is -1.39. The van der Waals surface area contributed by atoms with Crippen molar-refractivity contribution in [2.24, 2.45) is 11.7 Å². The molecule has 4 heteroatoms. The molecule has 3 rings (SSSR count). The predicted octanol–water partition coefficient (Wildman–Crippen LogP) is 3.93. The molecule has 27 heavy (non-hydrogen) atoms. The summed E-state index contributed by atoms with van der Waals surface area (Å²) in [6.07, 6.45) is 9.75. The third-order valence-corrected chi connectivity index (χ3v) is 6.54. The molecule has 4 nitrogen and oxygen atoms in total. The van der Waals surface area contributed by atoms with E-state index in [0.29, 0.717) is 0 Å². The second kappa shape index (κ2) is 9.70. The van der Waals surface area contributed by atoms with Gasteiger partial charge in [0.25, 0.3) is 0 Å². The molecule has 150 valence electrons. The zero-order chi connectivity index (χ0) is 19.1. The second-order valence-corrected chi connectivity index (χ2v) is 8.51. The molecule has 0 unspecified atom stereocenters. The van der Waals surface area contributed by atoms with Crippen LogP contribution in [0.15, 0.2) is 30.3 Å². The van der Waals surface area contributed by atoms with Crippen LogP contribution in [-0.2, 0) is 14.9 Å². The second-order valence-electron chi connectivity index (χ2n) is 8.51. The molecule has 3 N–H and O–H groups in total. The molecule has 0 heterocycles. The third kappa shape index (κ3) is 5.11. The zero-order valence-corrected chi connectivity index (χ0v) is 16.8. The molecule has 0 radical (unpaired) electrons. The Morgan fingerprint density at radius 2 is 1.93 bits per heavy atom. The quantitative estimate of drug-likeness (QED) is 0.762. The summed E-state index contributed by atoms with van der Waals surface area (Å²) in [5.74, 6) is 0.207. The number of ether oxygens (including phenoxy) is 1. The van der Waals surface area contributed by atoms with E-state index in [1.54, 1.807) is 0 Å². The number of nitrogens with one attached hydrogen (secondary N) is 1. The highest BCUT2D eigenvalue weighted by Crippen LogP contribution is 2.39. The van der Waals surface area contributed by atoms with E-state index in [2.05, 4.69) is 42.6 Å².